The first-order valence-electron chi connectivity index (χ1n) is 13.0. The molecule has 4 aliphatic carbocycles. The van der Waals surface area contributed by atoms with E-state index < -0.39 is 23.2 Å². The first kappa shape index (κ1) is 26.8. The van der Waals surface area contributed by atoms with Gasteiger partial charge in [0.1, 0.15) is 17.8 Å². The van der Waals surface area contributed by atoms with Gasteiger partial charge >= 0.3 is 12.2 Å². The second-order valence-electron chi connectivity index (χ2n) is 12.0. The molecule has 1 aromatic heterocycles. The standard InChI is InChI=1S/C26H39N5O6/c1-15(2)13-35-22-19(12-29-31(22)6-5-25(3,4)14-36-23(27)33)21(32)30-20-17-7-16-8-18(20)11-26(9-16,10-17)37-24(28)34/h5-6,12,15-18,20H,7-11,13-14H2,1-4H3,(H2,27,33)(H2,28,34)(H,30,32). The maximum atomic E-state index is 13.5. The number of primary amides is 2. The van der Waals surface area contributed by atoms with E-state index in [9.17, 15) is 14.4 Å². The molecule has 3 amide bonds. The molecule has 4 fully saturated rings. The number of carbonyl (C=O) groups is 3. The topological polar surface area (TPSA) is 161 Å². The second-order valence-corrected chi connectivity index (χ2v) is 12.0. The summed E-state index contributed by atoms with van der Waals surface area (Å²) in [5, 5.41) is 7.64. The van der Waals surface area contributed by atoms with Gasteiger partial charge in [-0.3, -0.25) is 4.79 Å². The molecule has 4 saturated carbocycles. The van der Waals surface area contributed by atoms with Crippen LogP contribution in [0.2, 0.25) is 0 Å². The summed E-state index contributed by atoms with van der Waals surface area (Å²) in [4.78, 5) is 36.0. The van der Waals surface area contributed by atoms with Gasteiger partial charge in [-0.25, -0.2) is 14.3 Å². The van der Waals surface area contributed by atoms with Crippen molar-refractivity contribution in [1.29, 1.82) is 0 Å². The first-order chi connectivity index (χ1) is 17.4. The zero-order valence-corrected chi connectivity index (χ0v) is 22.1. The smallest absolute Gasteiger partial charge is 0.405 e. The van der Waals surface area contributed by atoms with Crippen molar-refractivity contribution in [2.75, 3.05) is 13.2 Å². The van der Waals surface area contributed by atoms with E-state index >= 15 is 0 Å². The van der Waals surface area contributed by atoms with Gasteiger partial charge in [-0.1, -0.05) is 33.8 Å². The van der Waals surface area contributed by atoms with Crippen molar-refractivity contribution in [3.8, 4) is 5.88 Å². The van der Waals surface area contributed by atoms with Gasteiger partial charge in [-0.05, 0) is 55.8 Å². The van der Waals surface area contributed by atoms with E-state index in [1.165, 1.54) is 10.9 Å². The van der Waals surface area contributed by atoms with Gasteiger partial charge in [0, 0.05) is 17.7 Å². The van der Waals surface area contributed by atoms with Crippen molar-refractivity contribution in [1.82, 2.24) is 15.1 Å². The average molecular weight is 518 g/mol. The number of rotatable bonds is 10. The number of nitrogens with zero attached hydrogens (tertiary/aromatic N) is 2. The van der Waals surface area contributed by atoms with Crippen LogP contribution < -0.4 is 21.5 Å². The lowest BCUT2D eigenvalue weighted by atomic mass is 9.52. The molecule has 5 rings (SSSR count). The Kier molecular flexibility index (Phi) is 7.43. The minimum Gasteiger partial charge on any atom is -0.477 e. The summed E-state index contributed by atoms with van der Waals surface area (Å²) in [6.45, 7) is 8.34. The van der Waals surface area contributed by atoms with E-state index in [0.717, 1.165) is 32.1 Å². The summed E-state index contributed by atoms with van der Waals surface area (Å²) >= 11 is 0. The van der Waals surface area contributed by atoms with Crippen molar-refractivity contribution in [3.05, 3.63) is 17.8 Å². The van der Waals surface area contributed by atoms with Gasteiger partial charge in [0.05, 0.1) is 12.8 Å². The Morgan fingerprint density at radius 1 is 1.19 bits per heavy atom. The molecule has 204 valence electrons. The van der Waals surface area contributed by atoms with Crippen LogP contribution >= 0.6 is 0 Å². The SMILES string of the molecule is CC(C)COc1c(C(=O)NC2C3CC4CC2CC(OC(N)=O)(C4)C3)cnn1C=CC(C)(C)COC(N)=O. The molecule has 4 bridgehead atoms. The fraction of sp³-hybridized carbons (Fsp3) is 0.692. The lowest BCUT2D eigenvalue weighted by molar-refractivity contribution is -0.137. The number of nitrogens with two attached hydrogens (primary N) is 2. The highest BCUT2D eigenvalue weighted by atomic mass is 16.6. The number of amides is 3. The third kappa shape index (κ3) is 6.19. The zero-order chi connectivity index (χ0) is 27.0. The lowest BCUT2D eigenvalue weighted by Crippen LogP contribution is -2.63. The van der Waals surface area contributed by atoms with E-state index in [-0.39, 0.29) is 36.3 Å². The van der Waals surface area contributed by atoms with E-state index in [2.05, 4.69) is 10.4 Å². The number of nitrogens with one attached hydrogen (secondary N) is 1. The molecule has 0 aliphatic heterocycles. The van der Waals surface area contributed by atoms with Crippen LogP contribution in [-0.4, -0.2) is 52.7 Å². The zero-order valence-electron chi connectivity index (χ0n) is 22.1. The molecule has 1 aromatic rings. The second kappa shape index (κ2) is 10.3. The number of ether oxygens (including phenoxy) is 3. The van der Waals surface area contributed by atoms with Gasteiger partial charge in [0.15, 0.2) is 0 Å². The predicted octanol–water partition coefficient (Wildman–Crippen LogP) is 3.28. The normalized spacial score (nSPS) is 28.5. The third-order valence-corrected chi connectivity index (χ3v) is 7.63. The molecule has 11 heteroatoms. The summed E-state index contributed by atoms with van der Waals surface area (Å²) < 4.78 is 18.1. The number of hydrogen-bond acceptors (Lipinski definition) is 7. The van der Waals surface area contributed by atoms with Crippen LogP contribution in [0.1, 0.15) is 70.2 Å². The summed E-state index contributed by atoms with van der Waals surface area (Å²) in [6, 6.07) is -0.00428. The van der Waals surface area contributed by atoms with Gasteiger partial charge in [-0.2, -0.15) is 5.10 Å². The van der Waals surface area contributed by atoms with Crippen molar-refractivity contribution in [2.24, 2.45) is 40.6 Å². The summed E-state index contributed by atoms with van der Waals surface area (Å²) in [5.74, 6) is 1.31. The fourth-order valence-electron chi connectivity index (χ4n) is 6.33. The molecule has 1 heterocycles. The van der Waals surface area contributed by atoms with Crippen LogP contribution in [0.3, 0.4) is 0 Å². The van der Waals surface area contributed by atoms with Crippen LogP contribution in [0, 0.1) is 29.1 Å². The number of hydrogen-bond donors (Lipinski definition) is 3. The Morgan fingerprint density at radius 2 is 1.86 bits per heavy atom. The quantitative estimate of drug-likeness (QED) is 0.429. The Hall–Kier alpha value is -3.24. The van der Waals surface area contributed by atoms with Crippen LogP contribution in [-0.2, 0) is 9.47 Å². The minimum atomic E-state index is -0.836. The first-order valence-corrected chi connectivity index (χ1v) is 13.0. The Balaban J connectivity index is 1.50. The molecule has 0 radical (unpaired) electrons. The molecule has 0 spiro atoms. The van der Waals surface area contributed by atoms with Crippen LogP contribution in [0.15, 0.2) is 12.3 Å². The predicted molar refractivity (Wildman–Crippen MR) is 135 cm³/mol. The maximum Gasteiger partial charge on any atom is 0.405 e. The monoisotopic (exact) mass is 517 g/mol. The maximum absolute atomic E-state index is 13.5. The molecular formula is C26H39N5O6. The molecular weight excluding hydrogens is 478 g/mol. The van der Waals surface area contributed by atoms with Gasteiger partial charge in [-0.15, -0.1) is 0 Å². The Morgan fingerprint density at radius 3 is 2.46 bits per heavy atom. The van der Waals surface area contributed by atoms with E-state index in [4.69, 9.17) is 25.7 Å². The number of aromatic nitrogens is 2. The summed E-state index contributed by atoms with van der Waals surface area (Å²) in [5.41, 5.74) is 9.81. The molecule has 37 heavy (non-hydrogen) atoms. The Labute approximate surface area is 217 Å². The molecule has 4 aliphatic rings. The highest BCUT2D eigenvalue weighted by molar-refractivity contribution is 5.96. The van der Waals surface area contributed by atoms with Crippen molar-refractivity contribution >= 4 is 24.3 Å². The molecule has 11 nitrogen and oxygen atoms in total. The van der Waals surface area contributed by atoms with Gasteiger partial charge < -0.3 is 31.0 Å². The number of carbonyl (C=O) groups excluding carboxylic acids is 3. The summed E-state index contributed by atoms with van der Waals surface area (Å²) in [6.07, 6.45) is 7.78. The van der Waals surface area contributed by atoms with Crippen molar-refractivity contribution in [3.63, 3.8) is 0 Å². The third-order valence-electron chi connectivity index (χ3n) is 7.63. The van der Waals surface area contributed by atoms with Gasteiger partial charge in [0.2, 0.25) is 5.88 Å². The molecule has 5 N–H and O–H groups in total. The van der Waals surface area contributed by atoms with E-state index in [1.807, 2.05) is 33.8 Å². The minimum absolute atomic E-state index is 0.00428. The molecule has 0 aromatic carbocycles. The average Bonchev–Trinajstić information content (AvgIpc) is 3.19. The summed E-state index contributed by atoms with van der Waals surface area (Å²) in [7, 11) is 0. The van der Waals surface area contributed by atoms with Crippen LogP contribution in [0.5, 0.6) is 5.88 Å². The van der Waals surface area contributed by atoms with E-state index in [0.29, 0.717) is 24.0 Å². The highest BCUT2D eigenvalue weighted by Gasteiger charge is 2.57. The van der Waals surface area contributed by atoms with Gasteiger partial charge in [0.25, 0.3) is 5.91 Å². The van der Waals surface area contributed by atoms with Crippen LogP contribution in [0.25, 0.3) is 6.20 Å². The van der Waals surface area contributed by atoms with E-state index in [1.54, 1.807) is 6.20 Å². The van der Waals surface area contributed by atoms with Crippen molar-refractivity contribution < 1.29 is 28.6 Å². The van der Waals surface area contributed by atoms with Crippen molar-refractivity contribution in [2.45, 2.75) is 71.4 Å². The molecule has 0 saturated heterocycles. The van der Waals surface area contributed by atoms with Crippen LogP contribution in [0.4, 0.5) is 9.59 Å². The Bertz CT molecular complexity index is 1050. The molecule has 2 unspecified atom stereocenters. The molecule has 2 atom stereocenters. The largest absolute Gasteiger partial charge is 0.477 e. The lowest BCUT2D eigenvalue weighted by Gasteiger charge is -2.58. The fourth-order valence-corrected chi connectivity index (χ4v) is 6.33. The highest BCUT2D eigenvalue weighted by Crippen LogP contribution is 2.57.